The Labute approximate surface area is 129 Å². The number of urea groups is 1. The summed E-state index contributed by atoms with van der Waals surface area (Å²) in [4.78, 5) is 22.9. The summed E-state index contributed by atoms with van der Waals surface area (Å²) in [7, 11) is 3.25. The Bertz CT molecular complexity index is 522. The molecule has 0 aliphatic carbocycles. The minimum Gasteiger partial charge on any atom is -0.481 e. The average Bonchev–Trinajstić information content (AvgIpc) is 2.47. The van der Waals surface area contributed by atoms with Crippen LogP contribution in [0.2, 0.25) is 5.02 Å². The number of carbonyl (C=O) groups excluding carboxylic acids is 2. The van der Waals surface area contributed by atoms with Crippen molar-refractivity contribution in [1.29, 1.82) is 0 Å². The molecule has 0 aromatic heterocycles. The van der Waals surface area contributed by atoms with Crippen molar-refractivity contribution in [1.82, 2.24) is 16.0 Å². The average molecular weight is 314 g/mol. The van der Waals surface area contributed by atoms with E-state index in [9.17, 15) is 9.59 Å². The molecule has 21 heavy (non-hydrogen) atoms. The molecule has 2 atom stereocenters. The van der Waals surface area contributed by atoms with Crippen LogP contribution in [0.4, 0.5) is 4.79 Å². The maximum absolute atomic E-state index is 11.8. The molecule has 1 aromatic carbocycles. The van der Waals surface area contributed by atoms with Gasteiger partial charge in [0.15, 0.2) is 6.10 Å². The van der Waals surface area contributed by atoms with E-state index < -0.39 is 18.0 Å². The van der Waals surface area contributed by atoms with Crippen LogP contribution in [0.5, 0.6) is 5.75 Å². The molecule has 0 saturated carbocycles. The van der Waals surface area contributed by atoms with Crippen molar-refractivity contribution in [2.24, 2.45) is 0 Å². The van der Waals surface area contributed by atoms with Gasteiger partial charge in [0.2, 0.25) is 0 Å². The minimum absolute atomic E-state index is 0.00732. The van der Waals surface area contributed by atoms with Crippen molar-refractivity contribution < 1.29 is 14.3 Å². The van der Waals surface area contributed by atoms with Crippen LogP contribution in [0.1, 0.15) is 25.5 Å². The molecule has 0 saturated heterocycles. The van der Waals surface area contributed by atoms with Gasteiger partial charge in [0.1, 0.15) is 5.75 Å². The van der Waals surface area contributed by atoms with Crippen LogP contribution in [0.15, 0.2) is 18.2 Å². The molecule has 0 bridgehead atoms. The number of rotatable bonds is 5. The van der Waals surface area contributed by atoms with Gasteiger partial charge in [0, 0.05) is 23.7 Å². The van der Waals surface area contributed by atoms with E-state index in [0.29, 0.717) is 10.8 Å². The Morgan fingerprint density at radius 1 is 1.24 bits per heavy atom. The lowest BCUT2D eigenvalue weighted by molar-refractivity contribution is -0.126. The van der Waals surface area contributed by atoms with Gasteiger partial charge in [-0.25, -0.2) is 4.79 Å². The lowest BCUT2D eigenvalue weighted by atomic mass is 10.1. The molecular formula is C14H20ClN3O3. The molecule has 3 N–H and O–H groups in total. The van der Waals surface area contributed by atoms with Crippen LogP contribution in [0.25, 0.3) is 0 Å². The smallest absolute Gasteiger partial charge is 0.321 e. The number of hydrogen-bond acceptors (Lipinski definition) is 4. The summed E-state index contributed by atoms with van der Waals surface area (Å²) in [5, 5.41) is 8.15. The maximum atomic E-state index is 11.8. The molecule has 7 heteroatoms. The van der Waals surface area contributed by atoms with E-state index in [4.69, 9.17) is 16.3 Å². The molecule has 3 amide bonds. The first-order valence-corrected chi connectivity index (χ1v) is 6.92. The number of benzene rings is 1. The number of hydrogen-bond donors (Lipinski definition) is 3. The molecular weight excluding hydrogens is 294 g/mol. The summed E-state index contributed by atoms with van der Waals surface area (Å²) in [6.07, 6.45) is -0.814. The van der Waals surface area contributed by atoms with Crippen molar-refractivity contribution in [3.05, 3.63) is 28.8 Å². The number of carbonyl (C=O) groups is 2. The van der Waals surface area contributed by atoms with Gasteiger partial charge in [-0.3, -0.25) is 10.1 Å². The highest BCUT2D eigenvalue weighted by Gasteiger charge is 2.19. The Morgan fingerprint density at radius 3 is 2.48 bits per heavy atom. The Kier molecular flexibility index (Phi) is 6.45. The zero-order valence-electron chi connectivity index (χ0n) is 12.5. The summed E-state index contributed by atoms with van der Waals surface area (Å²) in [6, 6.07) is 4.60. The van der Waals surface area contributed by atoms with Crippen LogP contribution < -0.4 is 20.7 Å². The zero-order valence-corrected chi connectivity index (χ0v) is 13.2. The monoisotopic (exact) mass is 313 g/mol. The quantitative estimate of drug-likeness (QED) is 0.775. The number of halogens is 1. The van der Waals surface area contributed by atoms with E-state index in [1.165, 1.54) is 7.05 Å². The van der Waals surface area contributed by atoms with Gasteiger partial charge in [-0.2, -0.15) is 0 Å². The van der Waals surface area contributed by atoms with Gasteiger partial charge in [0.05, 0.1) is 0 Å². The van der Waals surface area contributed by atoms with Gasteiger partial charge >= 0.3 is 6.03 Å². The molecule has 1 aromatic rings. The van der Waals surface area contributed by atoms with Gasteiger partial charge in [-0.1, -0.05) is 11.6 Å². The maximum Gasteiger partial charge on any atom is 0.321 e. The second-order valence-electron chi connectivity index (χ2n) is 4.52. The van der Waals surface area contributed by atoms with Crippen LogP contribution in [0.3, 0.4) is 0 Å². The fourth-order valence-corrected chi connectivity index (χ4v) is 1.82. The summed E-state index contributed by atoms with van der Waals surface area (Å²) >= 11 is 5.99. The number of imide groups is 1. The number of ether oxygens (including phenoxy) is 1. The Hall–Kier alpha value is -1.79. The molecule has 116 valence electrons. The lowest BCUT2D eigenvalue weighted by Crippen LogP contribution is -2.44. The first kappa shape index (κ1) is 17.3. The zero-order chi connectivity index (χ0) is 16.0. The first-order valence-electron chi connectivity index (χ1n) is 6.55. The van der Waals surface area contributed by atoms with E-state index in [1.54, 1.807) is 25.1 Å². The minimum atomic E-state index is -0.814. The number of nitrogens with one attached hydrogen (secondary N) is 3. The van der Waals surface area contributed by atoms with E-state index >= 15 is 0 Å². The SMILES string of the molecule is CNC(=O)NC(=O)C(C)Oc1ccc(Cl)cc1C(C)NC. The highest BCUT2D eigenvalue weighted by molar-refractivity contribution is 6.30. The summed E-state index contributed by atoms with van der Waals surface area (Å²) < 4.78 is 5.64. The van der Waals surface area contributed by atoms with Gasteiger partial charge in [-0.05, 0) is 39.1 Å². The highest BCUT2D eigenvalue weighted by Crippen LogP contribution is 2.29. The van der Waals surface area contributed by atoms with Gasteiger partial charge in [0.25, 0.3) is 5.91 Å². The highest BCUT2D eigenvalue weighted by atomic mass is 35.5. The number of amides is 3. The second kappa shape index (κ2) is 7.85. The molecule has 0 fully saturated rings. The van der Waals surface area contributed by atoms with E-state index in [1.807, 2.05) is 14.0 Å². The molecule has 0 aliphatic heterocycles. The topological polar surface area (TPSA) is 79.5 Å². The fraction of sp³-hybridized carbons (Fsp3) is 0.429. The Morgan fingerprint density at radius 2 is 1.90 bits per heavy atom. The Balaban J connectivity index is 2.87. The third-order valence-electron chi connectivity index (χ3n) is 3.01. The molecule has 0 radical (unpaired) electrons. The van der Waals surface area contributed by atoms with Crippen molar-refractivity contribution in [2.45, 2.75) is 26.0 Å². The van der Waals surface area contributed by atoms with Crippen molar-refractivity contribution in [3.63, 3.8) is 0 Å². The van der Waals surface area contributed by atoms with Crippen LogP contribution in [0, 0.1) is 0 Å². The molecule has 0 spiro atoms. The molecule has 1 rings (SSSR count). The van der Waals surface area contributed by atoms with Gasteiger partial charge in [-0.15, -0.1) is 0 Å². The van der Waals surface area contributed by atoms with Crippen LogP contribution in [-0.2, 0) is 4.79 Å². The normalized spacial score (nSPS) is 13.2. The standard InChI is InChI=1S/C14H20ClN3O3/c1-8(16-3)11-7-10(15)5-6-12(11)21-9(2)13(19)18-14(20)17-4/h5-9,16H,1-4H3,(H2,17,18,19,20). The largest absolute Gasteiger partial charge is 0.481 e. The van der Waals surface area contributed by atoms with Crippen LogP contribution >= 0.6 is 11.6 Å². The van der Waals surface area contributed by atoms with Crippen molar-refractivity contribution in [3.8, 4) is 5.75 Å². The first-order chi connectivity index (χ1) is 9.88. The third kappa shape index (κ3) is 4.91. The summed E-state index contributed by atoms with van der Waals surface area (Å²) in [5.41, 5.74) is 0.838. The molecule has 6 nitrogen and oxygen atoms in total. The predicted molar refractivity (Wildman–Crippen MR) is 81.6 cm³/mol. The summed E-state index contributed by atoms with van der Waals surface area (Å²) in [5.74, 6) is 0.0215. The van der Waals surface area contributed by atoms with E-state index in [-0.39, 0.29) is 6.04 Å². The molecule has 0 heterocycles. The predicted octanol–water partition coefficient (Wildman–Crippen LogP) is 1.84. The third-order valence-corrected chi connectivity index (χ3v) is 3.24. The van der Waals surface area contributed by atoms with Crippen molar-refractivity contribution in [2.75, 3.05) is 14.1 Å². The van der Waals surface area contributed by atoms with Gasteiger partial charge < -0.3 is 15.4 Å². The molecule has 0 aliphatic rings. The van der Waals surface area contributed by atoms with Crippen LogP contribution in [-0.4, -0.2) is 32.1 Å². The lowest BCUT2D eigenvalue weighted by Gasteiger charge is -2.20. The van der Waals surface area contributed by atoms with E-state index in [0.717, 1.165) is 5.56 Å². The van der Waals surface area contributed by atoms with E-state index in [2.05, 4.69) is 16.0 Å². The molecule has 2 unspecified atom stereocenters. The van der Waals surface area contributed by atoms with Crippen molar-refractivity contribution >= 4 is 23.5 Å². The summed E-state index contributed by atoms with van der Waals surface area (Å²) in [6.45, 7) is 3.52. The fourth-order valence-electron chi connectivity index (χ4n) is 1.64. The second-order valence-corrected chi connectivity index (χ2v) is 4.96.